The van der Waals surface area contributed by atoms with Crippen molar-refractivity contribution in [2.24, 2.45) is 0 Å². The molecule has 0 spiro atoms. The van der Waals surface area contributed by atoms with E-state index in [1.807, 2.05) is 67.9 Å². The molecule has 0 bridgehead atoms. The Morgan fingerprint density at radius 1 is 1.00 bits per heavy atom. The van der Waals surface area contributed by atoms with Gasteiger partial charge in [0.05, 0.1) is 11.4 Å². The summed E-state index contributed by atoms with van der Waals surface area (Å²) in [7, 11) is 0. The van der Waals surface area contributed by atoms with Crippen LogP contribution in [0.2, 0.25) is 0 Å². The Balaban J connectivity index is 1.59. The first-order valence-electron chi connectivity index (χ1n) is 12.6. The summed E-state index contributed by atoms with van der Waals surface area (Å²) < 4.78 is 1.83. The van der Waals surface area contributed by atoms with Gasteiger partial charge < -0.3 is 16.2 Å². The third kappa shape index (κ3) is 4.45. The molecule has 2 aromatic heterocycles. The van der Waals surface area contributed by atoms with Gasteiger partial charge in [-0.05, 0) is 72.7 Å². The van der Waals surface area contributed by atoms with Crippen LogP contribution in [0, 0.1) is 0 Å². The lowest BCUT2D eigenvalue weighted by atomic mass is 9.95. The fourth-order valence-electron chi connectivity index (χ4n) is 4.88. The maximum Gasteiger partial charge on any atom is 0.311 e. The maximum atomic E-state index is 13.6. The lowest BCUT2D eigenvalue weighted by Gasteiger charge is -2.15. The zero-order valence-electron chi connectivity index (χ0n) is 21.5. The summed E-state index contributed by atoms with van der Waals surface area (Å²) in [5, 5.41) is 19.9. The lowest BCUT2D eigenvalue weighted by Crippen LogP contribution is -2.18. The molecule has 1 amide bonds. The minimum atomic E-state index is -0.931. The number of nitrogens with zero attached hydrogens (tertiary/aromatic N) is 3. The van der Waals surface area contributed by atoms with Gasteiger partial charge in [0.1, 0.15) is 5.82 Å². The van der Waals surface area contributed by atoms with E-state index in [0.717, 1.165) is 27.4 Å². The van der Waals surface area contributed by atoms with Gasteiger partial charge in [-0.1, -0.05) is 43.3 Å². The van der Waals surface area contributed by atoms with Crippen molar-refractivity contribution in [1.29, 1.82) is 0 Å². The molecule has 3 aromatic carbocycles. The van der Waals surface area contributed by atoms with Gasteiger partial charge in [-0.3, -0.25) is 14.3 Å². The van der Waals surface area contributed by atoms with Gasteiger partial charge in [-0.2, -0.15) is 5.10 Å². The molecule has 1 atom stereocenters. The van der Waals surface area contributed by atoms with Crippen molar-refractivity contribution in [2.75, 3.05) is 11.1 Å². The van der Waals surface area contributed by atoms with E-state index >= 15 is 0 Å². The summed E-state index contributed by atoms with van der Waals surface area (Å²) >= 11 is 0. The Morgan fingerprint density at radius 3 is 2.42 bits per heavy atom. The first-order valence-corrected chi connectivity index (χ1v) is 12.6. The van der Waals surface area contributed by atoms with Gasteiger partial charge in [0.2, 0.25) is 0 Å². The molecule has 4 N–H and O–H groups in total. The third-order valence-electron chi connectivity index (χ3n) is 6.83. The molecule has 0 aliphatic carbocycles. The highest BCUT2D eigenvalue weighted by Gasteiger charge is 2.24. The number of aromatic nitrogens is 3. The Labute approximate surface area is 220 Å². The van der Waals surface area contributed by atoms with Crippen LogP contribution in [0.15, 0.2) is 72.9 Å². The van der Waals surface area contributed by atoms with Gasteiger partial charge in [-0.25, -0.2) is 4.98 Å². The molecule has 0 saturated carbocycles. The second kappa shape index (κ2) is 9.97. The van der Waals surface area contributed by atoms with Crippen LogP contribution in [0.1, 0.15) is 55.2 Å². The van der Waals surface area contributed by atoms with Crippen molar-refractivity contribution in [1.82, 2.24) is 14.8 Å². The number of pyridine rings is 1. The highest BCUT2D eigenvalue weighted by atomic mass is 16.4. The molecule has 8 nitrogen and oxygen atoms in total. The molecule has 0 aliphatic rings. The Hall–Kier alpha value is -4.72. The van der Waals surface area contributed by atoms with E-state index in [9.17, 15) is 14.7 Å². The molecule has 192 valence electrons. The average Bonchev–Trinajstić information content (AvgIpc) is 3.29. The van der Waals surface area contributed by atoms with Crippen molar-refractivity contribution in [3.8, 4) is 11.1 Å². The molecular formula is C30H29N5O3. The number of rotatable bonds is 7. The molecule has 1 unspecified atom stereocenters. The molecule has 0 fully saturated rings. The zero-order valence-corrected chi connectivity index (χ0v) is 21.5. The second-order valence-corrected chi connectivity index (χ2v) is 9.59. The van der Waals surface area contributed by atoms with Gasteiger partial charge in [0.25, 0.3) is 5.91 Å². The first kappa shape index (κ1) is 25.0. The quantitative estimate of drug-likeness (QED) is 0.239. The molecule has 0 saturated heterocycles. The van der Waals surface area contributed by atoms with Crippen LogP contribution in [0.4, 0.5) is 11.5 Å². The number of fused-ring (bicyclic) bond motifs is 2. The van der Waals surface area contributed by atoms with Crippen LogP contribution >= 0.6 is 0 Å². The number of anilines is 2. The summed E-state index contributed by atoms with van der Waals surface area (Å²) in [5.41, 5.74) is 10.1. The molecule has 5 rings (SSSR count). The number of carboxylic acids is 1. The Morgan fingerprint density at radius 2 is 1.71 bits per heavy atom. The fraction of sp³-hybridized carbons (Fsp3) is 0.200. The van der Waals surface area contributed by atoms with Crippen LogP contribution in [0.25, 0.3) is 32.8 Å². The number of aliphatic carboxylic acids is 1. The topological polar surface area (TPSA) is 123 Å². The Bertz CT molecular complexity index is 1690. The summed E-state index contributed by atoms with van der Waals surface area (Å²) in [6.07, 6.45) is 2.09. The number of nitrogen functional groups attached to an aromatic ring is 1. The zero-order chi connectivity index (χ0) is 27.0. The van der Waals surface area contributed by atoms with Crippen molar-refractivity contribution in [3.63, 3.8) is 0 Å². The van der Waals surface area contributed by atoms with Crippen molar-refractivity contribution in [3.05, 3.63) is 84.2 Å². The normalized spacial score (nSPS) is 12.2. The average molecular weight is 508 g/mol. The maximum absolute atomic E-state index is 13.6. The number of carbonyl (C=O) groups is 2. The van der Waals surface area contributed by atoms with E-state index in [1.165, 1.54) is 0 Å². The van der Waals surface area contributed by atoms with Gasteiger partial charge >= 0.3 is 5.97 Å². The molecule has 8 heteroatoms. The third-order valence-corrected chi connectivity index (χ3v) is 6.83. The predicted octanol–water partition coefficient (Wildman–Crippen LogP) is 6.25. The van der Waals surface area contributed by atoms with Crippen molar-refractivity contribution in [2.45, 2.75) is 39.2 Å². The number of amides is 1. The molecular weight excluding hydrogens is 478 g/mol. The monoisotopic (exact) mass is 507 g/mol. The fourth-order valence-corrected chi connectivity index (χ4v) is 4.88. The second-order valence-electron chi connectivity index (χ2n) is 9.59. The largest absolute Gasteiger partial charge is 0.481 e. The van der Waals surface area contributed by atoms with E-state index in [4.69, 9.17) is 5.73 Å². The van der Waals surface area contributed by atoms with Crippen LogP contribution < -0.4 is 11.1 Å². The number of nitrogens with two attached hydrogens (primary N) is 1. The number of hydrogen-bond donors (Lipinski definition) is 3. The number of carboxylic acid groups (broad SMARTS) is 1. The first-order chi connectivity index (χ1) is 18.3. The van der Waals surface area contributed by atoms with E-state index in [1.54, 1.807) is 30.5 Å². The number of benzene rings is 3. The van der Waals surface area contributed by atoms with E-state index in [-0.39, 0.29) is 11.7 Å². The molecule has 2 heterocycles. The molecule has 38 heavy (non-hydrogen) atoms. The van der Waals surface area contributed by atoms with Crippen LogP contribution in [-0.2, 0) is 4.79 Å². The summed E-state index contributed by atoms with van der Waals surface area (Å²) in [4.78, 5) is 29.6. The molecule has 0 radical (unpaired) electrons. The number of hydrogen-bond acceptors (Lipinski definition) is 5. The SMILES string of the molecule is CCC(C(=O)O)c1ccccc1NC(=O)c1nn(C(C)C)c2ccc(-c3ccc4ccnc(N)c4c3)cc12. The number of nitrogens with one attached hydrogen (secondary N) is 1. The highest BCUT2D eigenvalue weighted by molar-refractivity contribution is 6.12. The number of para-hydroxylation sites is 1. The van der Waals surface area contributed by atoms with Gasteiger partial charge in [0.15, 0.2) is 5.69 Å². The Kier molecular flexibility index (Phi) is 6.55. The molecule has 0 aliphatic heterocycles. The standard InChI is InChI=1S/C30H29N5O3/c1-4-21(30(37)38)22-7-5-6-8-25(22)33-29(36)27-24-16-20(11-12-26(24)35(34-27)17(2)3)19-10-9-18-13-14-32-28(31)23(18)15-19/h5-17,21H,4H2,1-3H3,(H2,31,32)(H,33,36)(H,37,38). The highest BCUT2D eigenvalue weighted by Crippen LogP contribution is 2.32. The summed E-state index contributed by atoms with van der Waals surface area (Å²) in [6, 6.07) is 20.9. The van der Waals surface area contributed by atoms with E-state index in [0.29, 0.717) is 28.9 Å². The lowest BCUT2D eigenvalue weighted by molar-refractivity contribution is -0.138. The van der Waals surface area contributed by atoms with Crippen LogP contribution in [-0.4, -0.2) is 31.7 Å². The van der Waals surface area contributed by atoms with Gasteiger partial charge in [0, 0.05) is 28.7 Å². The van der Waals surface area contributed by atoms with E-state index < -0.39 is 17.8 Å². The van der Waals surface area contributed by atoms with Gasteiger partial charge in [-0.15, -0.1) is 0 Å². The minimum absolute atomic E-state index is 0.0280. The predicted molar refractivity (Wildman–Crippen MR) is 150 cm³/mol. The summed E-state index contributed by atoms with van der Waals surface area (Å²) in [5.74, 6) is -1.59. The van der Waals surface area contributed by atoms with E-state index in [2.05, 4.69) is 15.4 Å². The van der Waals surface area contributed by atoms with Crippen LogP contribution in [0.5, 0.6) is 0 Å². The van der Waals surface area contributed by atoms with Crippen LogP contribution in [0.3, 0.4) is 0 Å². The summed E-state index contributed by atoms with van der Waals surface area (Å²) in [6.45, 7) is 5.83. The molecule has 5 aromatic rings. The smallest absolute Gasteiger partial charge is 0.311 e. The van der Waals surface area contributed by atoms with Crippen molar-refractivity contribution < 1.29 is 14.7 Å². The minimum Gasteiger partial charge on any atom is -0.481 e. The number of carbonyl (C=O) groups excluding carboxylic acids is 1. The van der Waals surface area contributed by atoms with Crippen molar-refractivity contribution >= 4 is 45.1 Å².